The molecule has 0 aliphatic carbocycles. The van der Waals surface area contributed by atoms with Gasteiger partial charge in [0.05, 0.1) is 0 Å². The van der Waals surface area contributed by atoms with Gasteiger partial charge in [0.15, 0.2) is 6.17 Å². The quantitative estimate of drug-likeness (QED) is 0.523. The van der Waals surface area contributed by atoms with E-state index in [0.29, 0.717) is 0 Å². The van der Waals surface area contributed by atoms with Gasteiger partial charge in [-0.3, -0.25) is 0 Å². The van der Waals surface area contributed by atoms with Gasteiger partial charge in [0.1, 0.15) is 0 Å². The second-order valence-corrected chi connectivity index (χ2v) is 2.66. The Balaban J connectivity index is 4.88. The molecule has 0 aliphatic heterocycles. The lowest BCUT2D eigenvalue weighted by molar-refractivity contribution is -0.262. The Morgan fingerprint density at radius 2 is 1.33 bits per heavy atom. The summed E-state index contributed by atoms with van der Waals surface area (Å²) in [4.78, 5) is 0. The second kappa shape index (κ2) is 4.36. The van der Waals surface area contributed by atoms with Crippen LogP contribution in [0.3, 0.4) is 0 Å². The summed E-state index contributed by atoms with van der Waals surface area (Å²) >= 11 is 0. The van der Waals surface area contributed by atoms with Gasteiger partial charge in [0.2, 0.25) is 6.17 Å². The molecule has 0 saturated heterocycles. The number of halogens is 8. The third-order valence-electron chi connectivity index (χ3n) is 1.50. The molecule has 3 unspecified atom stereocenters. The molecule has 0 radical (unpaired) electrons. The number of hydrogen-bond donors (Lipinski definition) is 0. The first-order valence-corrected chi connectivity index (χ1v) is 3.54. The Bertz CT molecular complexity index is 220. The maximum absolute atomic E-state index is 12.4. The third-order valence-corrected chi connectivity index (χ3v) is 1.50. The van der Waals surface area contributed by atoms with Crippen LogP contribution < -0.4 is 0 Å². The minimum atomic E-state index is -5.95. The van der Waals surface area contributed by atoms with Crippen LogP contribution in [0.2, 0.25) is 0 Å². The van der Waals surface area contributed by atoms with Gasteiger partial charge in [-0.25, -0.2) is 13.2 Å². The van der Waals surface area contributed by atoms with E-state index in [2.05, 4.69) is 6.58 Å². The van der Waals surface area contributed by atoms with Crippen molar-refractivity contribution in [1.29, 1.82) is 0 Å². The smallest absolute Gasteiger partial charge is 0.239 e. The molecule has 0 fully saturated rings. The summed E-state index contributed by atoms with van der Waals surface area (Å²) in [5.74, 6) is -5.48. The fourth-order valence-corrected chi connectivity index (χ4v) is 0.690. The first kappa shape index (κ1) is 14.2. The highest BCUT2D eigenvalue weighted by atomic mass is 19.4. The predicted molar refractivity (Wildman–Crippen MR) is 35.9 cm³/mol. The fraction of sp³-hybridized carbons (Fsp3) is 0.714. The van der Waals surface area contributed by atoms with Gasteiger partial charge in [0.25, 0.3) is 6.17 Å². The molecule has 0 aliphatic rings. The van der Waals surface area contributed by atoms with Crippen molar-refractivity contribution in [2.24, 2.45) is 0 Å². The molecule has 90 valence electrons. The summed E-state index contributed by atoms with van der Waals surface area (Å²) in [7, 11) is 0. The second-order valence-electron chi connectivity index (χ2n) is 2.66. The van der Waals surface area contributed by atoms with Gasteiger partial charge >= 0.3 is 12.1 Å². The zero-order valence-electron chi connectivity index (χ0n) is 7.04. The predicted octanol–water partition coefficient (Wildman–Crippen LogP) is 3.38. The summed E-state index contributed by atoms with van der Waals surface area (Å²) in [5, 5.41) is 0. The van der Waals surface area contributed by atoms with E-state index in [1.165, 1.54) is 0 Å². The SMILES string of the molecule is C=CC(F)C(F)C(F)(F)C(F)C(F)(F)F. The Hall–Kier alpha value is -0.820. The molecule has 3 atom stereocenters. The van der Waals surface area contributed by atoms with Crippen molar-refractivity contribution in [3.05, 3.63) is 12.7 Å². The van der Waals surface area contributed by atoms with Crippen LogP contribution in [0.4, 0.5) is 35.1 Å². The maximum Gasteiger partial charge on any atom is 0.425 e. The van der Waals surface area contributed by atoms with E-state index >= 15 is 0 Å². The van der Waals surface area contributed by atoms with Crippen molar-refractivity contribution >= 4 is 0 Å². The number of rotatable bonds is 4. The van der Waals surface area contributed by atoms with E-state index in [1.807, 2.05) is 0 Å². The van der Waals surface area contributed by atoms with E-state index in [-0.39, 0.29) is 6.08 Å². The molecule has 0 amide bonds. The van der Waals surface area contributed by atoms with Crippen LogP contribution >= 0.6 is 0 Å². The molecular formula is C7H6F8. The summed E-state index contributed by atoms with van der Waals surface area (Å²) < 4.78 is 96.1. The molecule has 0 aromatic heterocycles. The molecule has 0 spiro atoms. The molecule has 0 heterocycles. The Morgan fingerprint density at radius 1 is 0.933 bits per heavy atom. The first-order valence-electron chi connectivity index (χ1n) is 3.54. The molecular weight excluding hydrogens is 236 g/mol. The average molecular weight is 242 g/mol. The number of hydrogen-bond acceptors (Lipinski definition) is 0. The van der Waals surface area contributed by atoms with Crippen molar-refractivity contribution in [2.45, 2.75) is 30.6 Å². The van der Waals surface area contributed by atoms with Crippen molar-refractivity contribution in [3.63, 3.8) is 0 Å². The first-order chi connectivity index (χ1) is 6.55. The van der Waals surface area contributed by atoms with Crippen LogP contribution in [0.25, 0.3) is 0 Å². The zero-order valence-corrected chi connectivity index (χ0v) is 7.04. The lowest BCUT2D eigenvalue weighted by Gasteiger charge is -2.26. The molecule has 0 aromatic carbocycles. The molecule has 0 nitrogen and oxygen atoms in total. The number of allylic oxidation sites excluding steroid dienone is 1. The lowest BCUT2D eigenvalue weighted by atomic mass is 10.0. The maximum atomic E-state index is 12.4. The Kier molecular flexibility index (Phi) is 4.12. The van der Waals surface area contributed by atoms with E-state index in [0.717, 1.165) is 0 Å². The van der Waals surface area contributed by atoms with Gasteiger partial charge in [-0.2, -0.15) is 22.0 Å². The zero-order chi connectivity index (χ0) is 12.4. The van der Waals surface area contributed by atoms with Crippen LogP contribution in [0.5, 0.6) is 0 Å². The van der Waals surface area contributed by atoms with Crippen LogP contribution in [0.15, 0.2) is 12.7 Å². The molecule has 0 saturated carbocycles. The van der Waals surface area contributed by atoms with Gasteiger partial charge in [-0.1, -0.05) is 6.08 Å². The normalized spacial score (nSPS) is 19.5. The molecule has 8 heteroatoms. The van der Waals surface area contributed by atoms with Crippen molar-refractivity contribution in [2.75, 3.05) is 0 Å². The van der Waals surface area contributed by atoms with E-state index in [9.17, 15) is 35.1 Å². The molecule has 0 N–H and O–H groups in total. The standard InChI is InChI=1S/C7H6F8/c1-2-3(8)4(9)6(11,12)5(10)7(13,14)15/h2-5H,1H2. The highest BCUT2D eigenvalue weighted by Gasteiger charge is 2.62. The monoisotopic (exact) mass is 242 g/mol. The van der Waals surface area contributed by atoms with Crippen LogP contribution in [0, 0.1) is 0 Å². The van der Waals surface area contributed by atoms with Crippen molar-refractivity contribution in [1.82, 2.24) is 0 Å². The Labute approximate surface area is 79.6 Å². The minimum absolute atomic E-state index is 0.0294. The van der Waals surface area contributed by atoms with Crippen LogP contribution in [-0.4, -0.2) is 30.6 Å². The summed E-state index contributed by atoms with van der Waals surface area (Å²) in [6.07, 6.45) is -17.7. The summed E-state index contributed by atoms with van der Waals surface area (Å²) in [5.41, 5.74) is 0. The van der Waals surface area contributed by atoms with Gasteiger partial charge in [-0.15, -0.1) is 6.58 Å². The van der Waals surface area contributed by atoms with E-state index < -0.39 is 30.6 Å². The Morgan fingerprint density at radius 3 is 1.60 bits per heavy atom. The average Bonchev–Trinajstić information content (AvgIpc) is 2.12. The topological polar surface area (TPSA) is 0 Å². The lowest BCUT2D eigenvalue weighted by Crippen LogP contribution is -2.50. The molecule has 15 heavy (non-hydrogen) atoms. The summed E-state index contributed by atoms with van der Waals surface area (Å²) in [6, 6.07) is 0. The highest BCUT2D eigenvalue weighted by molar-refractivity contribution is 4.98. The van der Waals surface area contributed by atoms with Crippen LogP contribution in [-0.2, 0) is 0 Å². The summed E-state index contributed by atoms with van der Waals surface area (Å²) in [6.45, 7) is 2.56. The van der Waals surface area contributed by atoms with E-state index in [4.69, 9.17) is 0 Å². The minimum Gasteiger partial charge on any atom is -0.239 e. The van der Waals surface area contributed by atoms with Gasteiger partial charge < -0.3 is 0 Å². The highest BCUT2D eigenvalue weighted by Crippen LogP contribution is 2.39. The molecule has 0 bridgehead atoms. The van der Waals surface area contributed by atoms with Gasteiger partial charge in [0, 0.05) is 0 Å². The third kappa shape index (κ3) is 3.07. The molecule has 0 aromatic rings. The fourth-order valence-electron chi connectivity index (χ4n) is 0.690. The van der Waals surface area contributed by atoms with Gasteiger partial charge in [-0.05, 0) is 0 Å². The number of alkyl halides is 8. The van der Waals surface area contributed by atoms with Crippen molar-refractivity contribution in [3.8, 4) is 0 Å². The van der Waals surface area contributed by atoms with Crippen molar-refractivity contribution < 1.29 is 35.1 Å². The molecule has 0 rings (SSSR count). The van der Waals surface area contributed by atoms with E-state index in [1.54, 1.807) is 0 Å². The van der Waals surface area contributed by atoms with Crippen LogP contribution in [0.1, 0.15) is 0 Å². The largest absolute Gasteiger partial charge is 0.425 e.